The molecule has 0 fully saturated rings. The molecule has 0 aromatic rings. The van der Waals surface area contributed by atoms with Crippen LogP contribution in [0.5, 0.6) is 0 Å². The Bertz CT molecular complexity index is 488. The predicted molar refractivity (Wildman–Crippen MR) is 137 cm³/mol. The van der Waals surface area contributed by atoms with Gasteiger partial charge in [0.05, 0.1) is 21.7 Å². The minimum Gasteiger partial charge on any atom is -0.466 e. The molecule has 0 spiro atoms. The van der Waals surface area contributed by atoms with Crippen molar-refractivity contribution < 1.29 is 55.9 Å². The molecule has 0 amide bonds. The average Bonchev–Trinajstić information content (AvgIpc) is 2.81. The molecule has 0 aliphatic carbocycles. The van der Waals surface area contributed by atoms with Gasteiger partial charge in [0.15, 0.2) is 0 Å². The van der Waals surface area contributed by atoms with Gasteiger partial charge in [-0.2, -0.15) is 0 Å². The summed E-state index contributed by atoms with van der Waals surface area (Å²) in [7, 11) is 2.75. The molecule has 0 aliphatic rings. The summed E-state index contributed by atoms with van der Waals surface area (Å²) in [6.07, 6.45) is 22.4. The third-order valence-electron chi connectivity index (χ3n) is 3.86. The van der Waals surface area contributed by atoms with E-state index in [0.717, 1.165) is 44.9 Å². The smallest absolute Gasteiger partial charge is 0.302 e. The van der Waals surface area contributed by atoms with E-state index in [1.165, 1.54) is 39.5 Å². The van der Waals surface area contributed by atoms with Gasteiger partial charge in [-0.1, -0.05) is 62.6 Å². The van der Waals surface area contributed by atoms with Crippen LogP contribution in [0.1, 0.15) is 85.8 Å². The summed E-state index contributed by atoms with van der Waals surface area (Å²) < 4.78 is 30.4. The number of halogens is 2. The monoisotopic (exact) mass is 714 g/mol. The van der Waals surface area contributed by atoms with Crippen molar-refractivity contribution in [1.29, 1.82) is 1.34 Å². The van der Waals surface area contributed by atoms with Crippen molar-refractivity contribution in [2.75, 3.05) is 26.2 Å². The molecule has 0 atom stereocenters. The zero-order chi connectivity index (χ0) is 26.7. The molecule has 4 nitrogen and oxygen atoms in total. The topological polar surface area (TPSA) is 52.6 Å². The first-order valence-electron chi connectivity index (χ1n) is 12.3. The molecule has 2 radical (unpaired) electrons. The van der Waals surface area contributed by atoms with Crippen LogP contribution in [0.15, 0.2) is 37.0 Å². The Labute approximate surface area is 235 Å². The second kappa shape index (κ2) is 41.7. The van der Waals surface area contributed by atoms with Crippen LogP contribution in [-0.4, -0.2) is 47.9 Å². The van der Waals surface area contributed by atoms with Gasteiger partial charge in [-0.25, -0.2) is 0 Å². The van der Waals surface area contributed by atoms with Crippen molar-refractivity contribution in [3.05, 3.63) is 37.0 Å². The van der Waals surface area contributed by atoms with Crippen LogP contribution in [-0.2, 0) is 19.1 Å². The van der Waals surface area contributed by atoms with Crippen molar-refractivity contribution >= 4 is 31.9 Å². The molecule has 0 saturated carbocycles. The first kappa shape index (κ1) is 37.1. The predicted octanol–water partition coefficient (Wildman–Crippen LogP) is 6.86. The number of hydrogen-bond donors (Lipinski definition) is 0. The van der Waals surface area contributed by atoms with Crippen LogP contribution in [0.4, 0.5) is 4.39 Å². The maximum absolute atomic E-state index is 10.4. The molecule has 0 aromatic heterocycles. The van der Waals surface area contributed by atoms with Crippen molar-refractivity contribution in [1.82, 2.24) is 0 Å². The largest absolute Gasteiger partial charge is 0.466 e. The number of alkyl halides is 2. The molecule has 0 unspecified atom stereocenters. The molecule has 0 bridgehead atoms. The van der Waals surface area contributed by atoms with E-state index in [9.17, 15) is 14.0 Å². The molecule has 0 N–H and O–H groups in total. The summed E-state index contributed by atoms with van der Waals surface area (Å²) >= 11 is 5.53. The molecule has 0 rings (SSSR count). The van der Waals surface area contributed by atoms with Gasteiger partial charge in [0.25, 0.3) is 0 Å². The van der Waals surface area contributed by atoms with Crippen LogP contribution in [0, 0.1) is 31.1 Å². The van der Waals surface area contributed by atoms with E-state index in [1.54, 1.807) is 6.08 Å². The van der Waals surface area contributed by atoms with E-state index in [1.807, 2.05) is 6.08 Å². The zero-order valence-electron chi connectivity index (χ0n) is 22.7. The fraction of sp³-hybridized carbons (Fsp3) is 0.680. The fourth-order valence-corrected chi connectivity index (χ4v) is 2.48. The molecule has 8 heteroatoms. The standard InChI is InChI=1S/C12H21ClO2.C12H20O2.CH3F.BH.U/c1-12(14)15-11-9-7-5-3-2-4-6-8-10-13;1-3-4-5-6-7-8-9-10-11-14-12(2)13;1-2;;/h4,6H,2-3,5,7-11H2,1H3;3-5H,1,6-11H2,2H3;1H3;1H;/b6-4-;5-4-;;;/i;;2*1D;. The van der Waals surface area contributed by atoms with Gasteiger partial charge in [-0.3, -0.25) is 14.0 Å². The number of carbonyl (C=O) groups excluding carboxylic acids is 2. The van der Waals surface area contributed by atoms with Gasteiger partial charge in [0.1, 0.15) is 0 Å². The molecular formula is C25H45BClFO4U. The van der Waals surface area contributed by atoms with Crippen molar-refractivity contribution in [3.63, 3.8) is 0 Å². The normalized spacial score (nSPS) is 10.1. The number of carbonyl (C=O) groups is 2. The Morgan fingerprint density at radius 2 is 1.27 bits per heavy atom. The minimum atomic E-state index is -1.00. The summed E-state index contributed by atoms with van der Waals surface area (Å²) in [6.45, 7) is 7.63. The van der Waals surface area contributed by atoms with Crippen LogP contribution >= 0.6 is 11.6 Å². The van der Waals surface area contributed by atoms with Crippen LogP contribution in [0.25, 0.3) is 0 Å². The maximum atomic E-state index is 10.4. The molecule has 190 valence electrons. The van der Waals surface area contributed by atoms with E-state index >= 15 is 0 Å². The maximum Gasteiger partial charge on any atom is 0.302 e. The van der Waals surface area contributed by atoms with Gasteiger partial charge in [0, 0.05) is 59.2 Å². The van der Waals surface area contributed by atoms with Gasteiger partial charge >= 0.3 is 11.9 Å². The summed E-state index contributed by atoms with van der Waals surface area (Å²) in [5.41, 5.74) is 0. The zero-order valence-corrected chi connectivity index (χ0v) is 25.6. The minimum absolute atomic E-state index is 0. The Kier molecular flexibility index (Phi) is 46.8. The molecular weight excluding hydrogens is 668 g/mol. The number of hydrogen-bond acceptors (Lipinski definition) is 4. The van der Waals surface area contributed by atoms with E-state index in [2.05, 4.69) is 33.2 Å². The fourth-order valence-electron chi connectivity index (χ4n) is 2.36. The molecule has 0 aliphatic heterocycles. The van der Waals surface area contributed by atoms with Crippen LogP contribution in [0.2, 0.25) is 0 Å². The number of ether oxygens (including phenoxy) is 2. The van der Waals surface area contributed by atoms with E-state index < -0.39 is 7.15 Å². The number of rotatable bonds is 17. The third-order valence-corrected chi connectivity index (χ3v) is 4.07. The van der Waals surface area contributed by atoms with Gasteiger partial charge in [-0.15, -0.1) is 11.6 Å². The number of allylic oxidation sites excluding steroid dienone is 5. The Balaban J connectivity index is -0.000000141. The van der Waals surface area contributed by atoms with Crippen molar-refractivity contribution in [3.8, 4) is 0 Å². The van der Waals surface area contributed by atoms with Crippen molar-refractivity contribution in [2.45, 2.75) is 84.5 Å². The Morgan fingerprint density at radius 1 is 0.879 bits per heavy atom. The number of unbranched alkanes of at least 4 members (excludes halogenated alkanes) is 8. The van der Waals surface area contributed by atoms with Gasteiger partial charge in [0.2, 0.25) is 0 Å². The van der Waals surface area contributed by atoms with Crippen LogP contribution in [0.3, 0.4) is 0 Å². The van der Waals surface area contributed by atoms with Gasteiger partial charge in [-0.05, 0) is 46.3 Å². The second-order valence-corrected chi connectivity index (χ2v) is 7.08. The average molecular weight is 715 g/mol. The number of esters is 2. The summed E-state index contributed by atoms with van der Waals surface area (Å²) in [5.74, 6) is 0.344. The van der Waals surface area contributed by atoms with Crippen LogP contribution < -0.4 is 0 Å². The SMILES string of the molecule is C=C/C=C\CCCCCCOC(C)=O.CC(=O)OCCCCCC/C=C\CCCl.[2H]CF.[2H][B].[U]. The Morgan fingerprint density at radius 3 is 1.67 bits per heavy atom. The Hall–Kier alpha value is -0.503. The molecule has 33 heavy (non-hydrogen) atoms. The van der Waals surface area contributed by atoms with Crippen molar-refractivity contribution in [2.24, 2.45) is 0 Å². The summed E-state index contributed by atoms with van der Waals surface area (Å²) in [5, 5.41) is 0. The first-order chi connectivity index (χ1) is 16.5. The summed E-state index contributed by atoms with van der Waals surface area (Å²) in [6, 6.07) is 0. The molecule has 0 saturated heterocycles. The van der Waals surface area contributed by atoms with Gasteiger partial charge < -0.3 is 9.47 Å². The van der Waals surface area contributed by atoms with E-state index in [0.29, 0.717) is 19.1 Å². The third kappa shape index (κ3) is 54.1. The molecule has 0 heterocycles. The quantitative estimate of drug-likeness (QED) is 0.0413. The summed E-state index contributed by atoms with van der Waals surface area (Å²) in [4.78, 5) is 20.8. The first-order valence-corrected chi connectivity index (χ1v) is 11.6. The molecule has 0 aromatic carbocycles. The van der Waals surface area contributed by atoms with E-state index in [-0.39, 0.29) is 43.1 Å². The second-order valence-electron chi connectivity index (χ2n) is 6.70. The van der Waals surface area contributed by atoms with E-state index in [4.69, 9.17) is 23.8 Å².